The van der Waals surface area contributed by atoms with Crippen LogP contribution in [0.25, 0.3) is 0 Å². The van der Waals surface area contributed by atoms with Crippen molar-refractivity contribution >= 4 is 11.9 Å². The molecular weight excluding hydrogens is 374 g/mol. The number of likely N-dealkylation sites (tertiary alicyclic amines) is 1. The molecule has 1 heterocycles. The van der Waals surface area contributed by atoms with Crippen molar-refractivity contribution in [3.63, 3.8) is 0 Å². The molecule has 7 nitrogen and oxygen atoms in total. The highest BCUT2D eigenvalue weighted by Crippen LogP contribution is 2.26. The van der Waals surface area contributed by atoms with Crippen LogP contribution in [-0.4, -0.2) is 61.1 Å². The van der Waals surface area contributed by atoms with E-state index in [2.05, 4.69) is 0 Å². The summed E-state index contributed by atoms with van der Waals surface area (Å²) in [5.74, 6) is -1.02. The van der Waals surface area contributed by atoms with E-state index in [1.807, 2.05) is 30.0 Å². The normalized spacial score (nSPS) is 17.1. The number of piperidine rings is 1. The molecule has 0 aromatic heterocycles. The molecule has 0 aliphatic carbocycles. The molecule has 0 saturated carbocycles. The average Bonchev–Trinajstić information content (AvgIpc) is 2.74. The SMILES string of the molecule is CCCCC(O[C@@H](C)c1ccccc1C(=O)N1CCC(OCOC)CC1)C(=O)O. The van der Waals surface area contributed by atoms with Gasteiger partial charge in [0.2, 0.25) is 0 Å². The molecule has 1 aromatic carbocycles. The molecule has 2 atom stereocenters. The lowest BCUT2D eigenvalue weighted by Crippen LogP contribution is -2.41. The maximum absolute atomic E-state index is 13.1. The zero-order valence-corrected chi connectivity index (χ0v) is 17.6. The van der Waals surface area contributed by atoms with Gasteiger partial charge in [0.25, 0.3) is 5.91 Å². The van der Waals surface area contributed by atoms with Crippen molar-refractivity contribution < 1.29 is 28.9 Å². The minimum atomic E-state index is -0.966. The van der Waals surface area contributed by atoms with Crippen molar-refractivity contribution in [1.29, 1.82) is 0 Å². The number of rotatable bonds is 11. The van der Waals surface area contributed by atoms with Crippen LogP contribution >= 0.6 is 0 Å². The number of carbonyl (C=O) groups is 2. The fourth-order valence-electron chi connectivity index (χ4n) is 3.57. The summed E-state index contributed by atoms with van der Waals surface area (Å²) in [6, 6.07) is 7.29. The highest BCUT2D eigenvalue weighted by Gasteiger charge is 2.28. The van der Waals surface area contributed by atoms with E-state index in [0.29, 0.717) is 25.1 Å². The van der Waals surface area contributed by atoms with Gasteiger partial charge in [-0.15, -0.1) is 0 Å². The first kappa shape index (κ1) is 23.3. The van der Waals surface area contributed by atoms with Gasteiger partial charge >= 0.3 is 5.97 Å². The first-order chi connectivity index (χ1) is 14.0. The number of hydrogen-bond donors (Lipinski definition) is 1. The molecule has 0 bridgehead atoms. The minimum absolute atomic E-state index is 0.0540. The highest BCUT2D eigenvalue weighted by atomic mass is 16.7. The van der Waals surface area contributed by atoms with Gasteiger partial charge in [-0.2, -0.15) is 0 Å². The average molecular weight is 408 g/mol. The summed E-state index contributed by atoms with van der Waals surface area (Å²) in [7, 11) is 1.59. The Kier molecular flexibility index (Phi) is 9.57. The molecule has 2 rings (SSSR count). The van der Waals surface area contributed by atoms with Gasteiger partial charge in [0.15, 0.2) is 6.10 Å². The first-order valence-corrected chi connectivity index (χ1v) is 10.3. The Bertz CT molecular complexity index is 656. The molecule has 1 saturated heterocycles. The maximum Gasteiger partial charge on any atom is 0.332 e. The number of carboxylic acid groups (broad SMARTS) is 1. The molecule has 1 N–H and O–H groups in total. The number of nitrogens with zero attached hydrogens (tertiary/aromatic N) is 1. The third kappa shape index (κ3) is 6.80. The molecule has 162 valence electrons. The van der Waals surface area contributed by atoms with E-state index in [9.17, 15) is 14.7 Å². The highest BCUT2D eigenvalue weighted by molar-refractivity contribution is 5.96. The van der Waals surface area contributed by atoms with Gasteiger partial charge in [-0.25, -0.2) is 4.79 Å². The monoisotopic (exact) mass is 407 g/mol. The summed E-state index contributed by atoms with van der Waals surface area (Å²) in [5.41, 5.74) is 1.29. The van der Waals surface area contributed by atoms with E-state index >= 15 is 0 Å². The Morgan fingerprint density at radius 1 is 1.24 bits per heavy atom. The minimum Gasteiger partial charge on any atom is -0.479 e. The zero-order valence-electron chi connectivity index (χ0n) is 17.6. The molecule has 29 heavy (non-hydrogen) atoms. The van der Waals surface area contributed by atoms with E-state index in [1.54, 1.807) is 20.1 Å². The number of aliphatic carboxylic acids is 1. The summed E-state index contributed by atoms with van der Waals surface area (Å²) >= 11 is 0. The Morgan fingerprint density at radius 2 is 1.93 bits per heavy atom. The van der Waals surface area contributed by atoms with Gasteiger partial charge in [-0.05, 0) is 37.8 Å². The predicted octanol–water partition coefficient (Wildman–Crippen LogP) is 3.63. The fraction of sp³-hybridized carbons (Fsp3) is 0.636. The number of carbonyl (C=O) groups excluding carboxylic acids is 1. The summed E-state index contributed by atoms with van der Waals surface area (Å²) in [4.78, 5) is 26.5. The second-order valence-corrected chi connectivity index (χ2v) is 7.40. The number of carboxylic acids is 1. The summed E-state index contributed by atoms with van der Waals surface area (Å²) in [6.07, 6.45) is 2.42. The topological polar surface area (TPSA) is 85.3 Å². The number of unbranched alkanes of at least 4 members (excludes halogenated alkanes) is 1. The number of amides is 1. The lowest BCUT2D eigenvalue weighted by molar-refractivity contribution is -0.154. The maximum atomic E-state index is 13.1. The lowest BCUT2D eigenvalue weighted by atomic mass is 10.00. The third-order valence-electron chi connectivity index (χ3n) is 5.24. The van der Waals surface area contributed by atoms with Crippen LogP contribution in [0.1, 0.15) is 68.0 Å². The van der Waals surface area contributed by atoms with Gasteiger partial charge in [-0.1, -0.05) is 38.0 Å². The van der Waals surface area contributed by atoms with Crippen molar-refractivity contribution in [3.8, 4) is 0 Å². The molecule has 0 spiro atoms. The Morgan fingerprint density at radius 3 is 2.55 bits per heavy atom. The Hall–Kier alpha value is -1.96. The van der Waals surface area contributed by atoms with Gasteiger partial charge in [0, 0.05) is 25.8 Å². The van der Waals surface area contributed by atoms with Gasteiger partial charge in [0.1, 0.15) is 6.79 Å². The summed E-state index contributed by atoms with van der Waals surface area (Å²) in [5, 5.41) is 9.44. The van der Waals surface area contributed by atoms with E-state index in [4.69, 9.17) is 14.2 Å². The van der Waals surface area contributed by atoms with Crippen LogP contribution in [-0.2, 0) is 19.0 Å². The van der Waals surface area contributed by atoms with Crippen LogP contribution < -0.4 is 0 Å². The van der Waals surface area contributed by atoms with E-state index in [-0.39, 0.29) is 18.8 Å². The number of hydrogen-bond acceptors (Lipinski definition) is 5. The smallest absolute Gasteiger partial charge is 0.332 e. The molecule has 1 aliphatic heterocycles. The summed E-state index contributed by atoms with van der Waals surface area (Å²) < 4.78 is 16.4. The van der Waals surface area contributed by atoms with Crippen LogP contribution in [0.5, 0.6) is 0 Å². The lowest BCUT2D eigenvalue weighted by Gasteiger charge is -2.32. The molecule has 1 fully saturated rings. The summed E-state index contributed by atoms with van der Waals surface area (Å²) in [6.45, 7) is 5.31. The van der Waals surface area contributed by atoms with Gasteiger partial charge in [0.05, 0.1) is 12.2 Å². The van der Waals surface area contributed by atoms with E-state index in [0.717, 1.165) is 31.2 Å². The number of benzene rings is 1. The second-order valence-electron chi connectivity index (χ2n) is 7.40. The first-order valence-electron chi connectivity index (χ1n) is 10.3. The zero-order chi connectivity index (χ0) is 21.2. The molecule has 1 aliphatic rings. The third-order valence-corrected chi connectivity index (χ3v) is 5.24. The van der Waals surface area contributed by atoms with Crippen molar-refractivity contribution in [1.82, 2.24) is 4.90 Å². The van der Waals surface area contributed by atoms with Crippen molar-refractivity contribution in [2.24, 2.45) is 0 Å². The molecule has 1 aromatic rings. The van der Waals surface area contributed by atoms with Crippen LogP contribution in [0.15, 0.2) is 24.3 Å². The molecular formula is C22H33NO6. The number of ether oxygens (including phenoxy) is 3. The van der Waals surface area contributed by atoms with E-state index in [1.165, 1.54) is 0 Å². The van der Waals surface area contributed by atoms with Crippen molar-refractivity contribution in [2.75, 3.05) is 27.0 Å². The quantitative estimate of drug-likeness (QED) is 0.564. The van der Waals surface area contributed by atoms with E-state index < -0.39 is 18.2 Å². The number of methoxy groups -OCH3 is 1. The molecule has 1 amide bonds. The fourth-order valence-corrected chi connectivity index (χ4v) is 3.57. The van der Waals surface area contributed by atoms with Crippen molar-refractivity contribution in [3.05, 3.63) is 35.4 Å². The largest absolute Gasteiger partial charge is 0.479 e. The predicted molar refractivity (Wildman–Crippen MR) is 109 cm³/mol. The van der Waals surface area contributed by atoms with Crippen molar-refractivity contribution in [2.45, 2.75) is 64.3 Å². The van der Waals surface area contributed by atoms with Gasteiger partial charge in [-0.3, -0.25) is 4.79 Å². The Labute approximate surface area is 172 Å². The molecule has 7 heteroatoms. The molecule has 1 unspecified atom stereocenters. The molecule has 0 radical (unpaired) electrons. The van der Waals surface area contributed by atoms with Crippen LogP contribution in [0.4, 0.5) is 0 Å². The Balaban J connectivity index is 2.05. The second kappa shape index (κ2) is 11.9. The standard InChI is InChI=1S/C22H33NO6/c1-4-5-10-20(22(25)26)29-16(2)18-8-6-7-9-19(18)21(24)23-13-11-17(12-14-23)28-15-27-3/h6-9,16-17,20H,4-5,10-15H2,1-3H3,(H,25,26)/t16-,20?/m0/s1. The van der Waals surface area contributed by atoms with Crippen LogP contribution in [0.3, 0.4) is 0 Å². The van der Waals surface area contributed by atoms with Crippen LogP contribution in [0.2, 0.25) is 0 Å². The van der Waals surface area contributed by atoms with Crippen LogP contribution in [0, 0.1) is 0 Å². The van der Waals surface area contributed by atoms with Gasteiger partial charge < -0.3 is 24.2 Å².